The molecule has 4 nitrogen and oxygen atoms in total. The third-order valence-corrected chi connectivity index (χ3v) is 3.86. The Morgan fingerprint density at radius 3 is 2.76 bits per heavy atom. The van der Waals surface area contributed by atoms with Crippen LogP contribution in [0.2, 0.25) is 0 Å². The molecule has 94 valence electrons. The first-order chi connectivity index (χ1) is 7.95. The van der Waals surface area contributed by atoms with Crippen molar-refractivity contribution in [1.29, 1.82) is 0 Å². The van der Waals surface area contributed by atoms with Crippen molar-refractivity contribution < 1.29 is 9.53 Å². The molecule has 1 aromatic rings. The van der Waals surface area contributed by atoms with Crippen molar-refractivity contribution in [3.63, 3.8) is 0 Å². The first-order valence-electron chi connectivity index (χ1n) is 5.24. The molecule has 0 N–H and O–H groups in total. The number of carbonyl (C=O) groups excluding carboxylic acids is 1. The van der Waals surface area contributed by atoms with E-state index < -0.39 is 0 Å². The summed E-state index contributed by atoms with van der Waals surface area (Å²) in [5.41, 5.74) is 1.94. The Hall–Kier alpha value is -0.880. The molecule has 0 aromatic carbocycles. The zero-order valence-electron chi connectivity index (χ0n) is 10.4. The van der Waals surface area contributed by atoms with E-state index in [1.165, 1.54) is 18.9 Å². The van der Waals surface area contributed by atoms with Crippen molar-refractivity contribution in [3.05, 3.63) is 17.5 Å². The van der Waals surface area contributed by atoms with Gasteiger partial charge in [0.1, 0.15) is 0 Å². The van der Waals surface area contributed by atoms with Crippen LogP contribution in [-0.2, 0) is 9.53 Å². The molecule has 0 aliphatic carbocycles. The number of hydrogen-bond donors (Lipinski definition) is 0. The summed E-state index contributed by atoms with van der Waals surface area (Å²) in [6.45, 7) is 5.70. The highest BCUT2D eigenvalue weighted by Crippen LogP contribution is 2.15. The van der Waals surface area contributed by atoms with E-state index in [2.05, 4.69) is 9.84 Å². The number of carbonyl (C=O) groups is 1. The number of ether oxygens (including phenoxy) is 1. The monoisotopic (exact) mass is 272 g/mol. The van der Waals surface area contributed by atoms with Crippen LogP contribution in [-0.4, -0.2) is 32.9 Å². The average molecular weight is 272 g/mol. The van der Waals surface area contributed by atoms with E-state index in [9.17, 15) is 4.79 Å². The predicted molar refractivity (Wildman–Crippen MR) is 73.3 cm³/mol. The Balaban J connectivity index is 2.56. The maximum Gasteiger partial charge on any atom is 0.309 e. The van der Waals surface area contributed by atoms with Crippen molar-refractivity contribution in [3.8, 4) is 0 Å². The van der Waals surface area contributed by atoms with Gasteiger partial charge in [-0.25, -0.2) is 4.68 Å². The van der Waals surface area contributed by atoms with E-state index in [-0.39, 0.29) is 11.9 Å². The van der Waals surface area contributed by atoms with Crippen LogP contribution in [0.5, 0.6) is 0 Å². The van der Waals surface area contributed by atoms with Crippen molar-refractivity contribution in [2.24, 2.45) is 5.92 Å². The maximum absolute atomic E-state index is 11.2. The number of hydrogen-bond acceptors (Lipinski definition) is 5. The molecule has 6 heteroatoms. The van der Waals surface area contributed by atoms with E-state index >= 15 is 0 Å². The smallest absolute Gasteiger partial charge is 0.309 e. The molecule has 17 heavy (non-hydrogen) atoms. The Morgan fingerprint density at radius 2 is 2.29 bits per heavy atom. The Kier molecular flexibility index (Phi) is 5.14. The van der Waals surface area contributed by atoms with E-state index in [1.54, 1.807) is 4.68 Å². The fourth-order valence-corrected chi connectivity index (χ4v) is 2.57. The van der Waals surface area contributed by atoms with Gasteiger partial charge in [-0.1, -0.05) is 30.9 Å². The predicted octanol–water partition coefficient (Wildman–Crippen LogP) is 2.18. The number of esters is 1. The second-order valence-electron chi connectivity index (χ2n) is 3.84. The quantitative estimate of drug-likeness (QED) is 0.623. The average Bonchev–Trinajstić information content (AvgIpc) is 2.63. The van der Waals surface area contributed by atoms with Gasteiger partial charge in [0.2, 0.25) is 0 Å². The summed E-state index contributed by atoms with van der Waals surface area (Å²) in [6.07, 6.45) is 0. The van der Waals surface area contributed by atoms with Crippen LogP contribution >= 0.6 is 24.0 Å². The van der Waals surface area contributed by atoms with Gasteiger partial charge in [-0.2, -0.15) is 5.10 Å². The number of aromatic nitrogens is 2. The zero-order chi connectivity index (χ0) is 13.0. The number of methoxy groups -OCH3 is 1. The van der Waals surface area contributed by atoms with Crippen LogP contribution in [0.25, 0.3) is 0 Å². The first kappa shape index (κ1) is 14.2. The summed E-state index contributed by atoms with van der Waals surface area (Å²) in [7, 11) is 1.39. The Bertz CT molecular complexity index is 429. The number of thiocarbonyl (C=S) groups is 1. The van der Waals surface area contributed by atoms with Gasteiger partial charge in [-0.3, -0.25) is 4.79 Å². The molecule has 0 bridgehead atoms. The number of nitrogens with zero attached hydrogens (tertiary/aromatic N) is 2. The van der Waals surface area contributed by atoms with E-state index in [0.717, 1.165) is 11.4 Å². The summed E-state index contributed by atoms with van der Waals surface area (Å²) >= 11 is 6.71. The summed E-state index contributed by atoms with van der Waals surface area (Å²) in [4.78, 5) is 11.2. The summed E-state index contributed by atoms with van der Waals surface area (Å²) < 4.78 is 7.04. The van der Waals surface area contributed by atoms with Gasteiger partial charge in [0.05, 0.1) is 18.7 Å². The highest BCUT2D eigenvalue weighted by molar-refractivity contribution is 8.23. The van der Waals surface area contributed by atoms with Crippen LogP contribution in [0.3, 0.4) is 0 Å². The third-order valence-electron chi connectivity index (χ3n) is 2.24. The van der Waals surface area contributed by atoms with Crippen molar-refractivity contribution in [2.75, 3.05) is 12.9 Å². The lowest BCUT2D eigenvalue weighted by Gasteiger charge is -2.09. The fraction of sp³-hybridized carbons (Fsp3) is 0.545. The summed E-state index contributed by atoms with van der Waals surface area (Å²) in [5.74, 6) is 0.220. The molecule has 1 rings (SSSR count). The summed E-state index contributed by atoms with van der Waals surface area (Å²) in [5, 5.41) is 4.29. The Labute approximate surface area is 111 Å². The first-order valence-corrected chi connectivity index (χ1v) is 6.63. The van der Waals surface area contributed by atoms with Gasteiger partial charge in [0.15, 0.2) is 4.32 Å². The van der Waals surface area contributed by atoms with Gasteiger partial charge in [0, 0.05) is 11.4 Å². The van der Waals surface area contributed by atoms with Crippen LogP contribution < -0.4 is 0 Å². The van der Waals surface area contributed by atoms with Crippen molar-refractivity contribution in [2.45, 2.75) is 20.8 Å². The number of aryl methyl sites for hydroxylation is 2. The normalized spacial score (nSPS) is 12.2. The van der Waals surface area contributed by atoms with Gasteiger partial charge >= 0.3 is 5.97 Å². The summed E-state index contributed by atoms with van der Waals surface area (Å²) in [6, 6.07) is 1.97. The number of rotatable bonds is 3. The molecular formula is C11H16N2O2S2. The van der Waals surface area contributed by atoms with Crippen LogP contribution in [0.1, 0.15) is 18.3 Å². The second kappa shape index (κ2) is 6.16. The highest BCUT2D eigenvalue weighted by Gasteiger charge is 2.15. The molecular weight excluding hydrogens is 256 g/mol. The highest BCUT2D eigenvalue weighted by atomic mass is 32.2. The number of thioether (sulfide) groups is 1. The molecule has 0 saturated carbocycles. The molecule has 1 atom stereocenters. The van der Waals surface area contributed by atoms with Crippen LogP contribution in [0.15, 0.2) is 6.07 Å². The van der Waals surface area contributed by atoms with Crippen LogP contribution in [0, 0.1) is 19.8 Å². The van der Waals surface area contributed by atoms with E-state index in [4.69, 9.17) is 12.2 Å². The van der Waals surface area contributed by atoms with Crippen molar-refractivity contribution >= 4 is 34.3 Å². The molecule has 1 aromatic heterocycles. The standard InChI is InChI=1S/C11H16N2O2S2/c1-7(10(14)15-4)6-17-11(16)13-9(3)5-8(2)12-13/h5,7H,6H2,1-4H3. The molecule has 0 aliphatic rings. The van der Waals surface area contributed by atoms with Gasteiger partial charge in [-0.15, -0.1) is 0 Å². The lowest BCUT2D eigenvalue weighted by Crippen LogP contribution is -2.17. The lowest BCUT2D eigenvalue weighted by atomic mass is 10.2. The fourth-order valence-electron chi connectivity index (χ4n) is 1.34. The molecule has 0 saturated heterocycles. The zero-order valence-corrected chi connectivity index (χ0v) is 12.0. The van der Waals surface area contributed by atoms with Crippen molar-refractivity contribution in [1.82, 2.24) is 9.78 Å². The lowest BCUT2D eigenvalue weighted by molar-refractivity contribution is -0.143. The largest absolute Gasteiger partial charge is 0.469 e. The maximum atomic E-state index is 11.2. The SMILES string of the molecule is COC(=O)C(C)CSC(=S)n1nc(C)cc1C. The molecule has 1 heterocycles. The molecule has 0 aliphatic heterocycles. The minimum Gasteiger partial charge on any atom is -0.469 e. The third kappa shape index (κ3) is 3.81. The van der Waals surface area contributed by atoms with Gasteiger partial charge in [0.25, 0.3) is 0 Å². The minimum absolute atomic E-state index is 0.167. The topological polar surface area (TPSA) is 44.1 Å². The molecule has 0 radical (unpaired) electrons. The Morgan fingerprint density at radius 1 is 1.65 bits per heavy atom. The molecule has 0 fully saturated rings. The molecule has 0 amide bonds. The molecule has 0 spiro atoms. The van der Waals surface area contributed by atoms with E-state index in [0.29, 0.717) is 10.1 Å². The van der Waals surface area contributed by atoms with Gasteiger partial charge < -0.3 is 4.74 Å². The second-order valence-corrected chi connectivity index (χ2v) is 5.49. The van der Waals surface area contributed by atoms with Crippen LogP contribution in [0.4, 0.5) is 0 Å². The van der Waals surface area contributed by atoms with E-state index in [1.807, 2.05) is 26.8 Å². The minimum atomic E-state index is -0.214. The molecule has 1 unspecified atom stereocenters. The van der Waals surface area contributed by atoms with Gasteiger partial charge in [-0.05, 0) is 19.9 Å².